The monoisotopic (exact) mass is 385 g/mol. The van der Waals surface area contributed by atoms with Crippen molar-refractivity contribution in [2.75, 3.05) is 6.61 Å². The lowest BCUT2D eigenvalue weighted by atomic mass is 10.2. The molecule has 8 nitrogen and oxygen atoms in total. The second-order valence-corrected chi connectivity index (χ2v) is 6.59. The SMILES string of the molecule is CCOC(=O)c1sc2nc(/C=C/c3ccc([N+](=O)[O-])cc3)[nH]c(=O)c2c1C. The van der Waals surface area contributed by atoms with Crippen LogP contribution in [0, 0.1) is 17.0 Å². The van der Waals surface area contributed by atoms with Crippen molar-refractivity contribution < 1.29 is 14.5 Å². The number of fused-ring (bicyclic) bond motifs is 1. The molecule has 1 N–H and O–H groups in total. The summed E-state index contributed by atoms with van der Waals surface area (Å²) < 4.78 is 5.01. The number of nitro benzene ring substituents is 1. The van der Waals surface area contributed by atoms with Crippen LogP contribution >= 0.6 is 11.3 Å². The molecule has 0 saturated carbocycles. The summed E-state index contributed by atoms with van der Waals surface area (Å²) in [6.45, 7) is 3.65. The largest absolute Gasteiger partial charge is 0.462 e. The Hall–Kier alpha value is -3.33. The fourth-order valence-corrected chi connectivity index (χ4v) is 3.60. The normalized spacial score (nSPS) is 11.2. The second-order valence-electron chi connectivity index (χ2n) is 5.59. The molecule has 0 aliphatic rings. The molecule has 9 heteroatoms. The number of nitro groups is 1. The molecule has 0 fully saturated rings. The Morgan fingerprint density at radius 1 is 1.33 bits per heavy atom. The number of hydrogen-bond donors (Lipinski definition) is 1. The molecule has 2 aromatic heterocycles. The Balaban J connectivity index is 1.95. The van der Waals surface area contributed by atoms with Gasteiger partial charge in [0.2, 0.25) is 0 Å². The molecule has 0 unspecified atom stereocenters. The van der Waals surface area contributed by atoms with E-state index < -0.39 is 10.9 Å². The van der Waals surface area contributed by atoms with Gasteiger partial charge in [-0.05, 0) is 43.2 Å². The molecule has 0 radical (unpaired) electrons. The molecule has 138 valence electrons. The van der Waals surface area contributed by atoms with Crippen molar-refractivity contribution in [2.24, 2.45) is 0 Å². The van der Waals surface area contributed by atoms with Crippen molar-refractivity contribution in [3.05, 3.63) is 66.6 Å². The highest BCUT2D eigenvalue weighted by molar-refractivity contribution is 7.20. The highest BCUT2D eigenvalue weighted by atomic mass is 32.1. The van der Waals surface area contributed by atoms with Gasteiger partial charge in [0.15, 0.2) is 0 Å². The minimum Gasteiger partial charge on any atom is -0.462 e. The average Bonchev–Trinajstić information content (AvgIpc) is 2.97. The van der Waals surface area contributed by atoms with E-state index in [0.29, 0.717) is 26.5 Å². The maximum absolute atomic E-state index is 12.4. The summed E-state index contributed by atoms with van der Waals surface area (Å²) in [7, 11) is 0. The molecule has 0 amide bonds. The van der Waals surface area contributed by atoms with Crippen molar-refractivity contribution in [2.45, 2.75) is 13.8 Å². The van der Waals surface area contributed by atoms with Crippen LogP contribution < -0.4 is 5.56 Å². The van der Waals surface area contributed by atoms with Crippen molar-refractivity contribution >= 4 is 45.4 Å². The van der Waals surface area contributed by atoms with Crippen LogP contribution in [0.1, 0.15) is 33.5 Å². The van der Waals surface area contributed by atoms with Gasteiger partial charge in [0.1, 0.15) is 15.5 Å². The molecular formula is C18H15N3O5S. The molecule has 0 bridgehead atoms. The number of non-ortho nitro benzene ring substituents is 1. The summed E-state index contributed by atoms with van der Waals surface area (Å²) in [5.74, 6) is -0.150. The minimum absolute atomic E-state index is 0.000608. The van der Waals surface area contributed by atoms with Crippen LogP contribution in [0.3, 0.4) is 0 Å². The third-order valence-corrected chi connectivity index (χ3v) is 4.98. The topological polar surface area (TPSA) is 115 Å². The highest BCUT2D eigenvalue weighted by Gasteiger charge is 2.19. The van der Waals surface area contributed by atoms with E-state index in [1.165, 1.54) is 12.1 Å². The van der Waals surface area contributed by atoms with Crippen molar-refractivity contribution in [3.8, 4) is 0 Å². The first-order chi connectivity index (χ1) is 12.9. The number of H-pyrrole nitrogens is 1. The summed E-state index contributed by atoms with van der Waals surface area (Å²) >= 11 is 1.11. The molecule has 27 heavy (non-hydrogen) atoms. The number of carbonyl (C=O) groups excluding carboxylic acids is 1. The summed E-state index contributed by atoms with van der Waals surface area (Å²) in [5.41, 5.74) is 0.930. The van der Waals surface area contributed by atoms with Crippen LogP contribution in [-0.4, -0.2) is 27.5 Å². The van der Waals surface area contributed by atoms with Crippen molar-refractivity contribution in [1.82, 2.24) is 9.97 Å². The van der Waals surface area contributed by atoms with Gasteiger partial charge < -0.3 is 9.72 Å². The average molecular weight is 385 g/mol. The first-order valence-corrected chi connectivity index (χ1v) is 8.85. The Bertz CT molecular complexity index is 1110. The number of hydrogen-bond acceptors (Lipinski definition) is 7. The van der Waals surface area contributed by atoms with Gasteiger partial charge in [0, 0.05) is 12.1 Å². The predicted octanol–water partition coefficient (Wildman–Crippen LogP) is 3.55. The zero-order chi connectivity index (χ0) is 19.6. The number of aromatic nitrogens is 2. The highest BCUT2D eigenvalue weighted by Crippen LogP contribution is 2.27. The molecule has 0 saturated heterocycles. The van der Waals surface area contributed by atoms with Crippen LogP contribution in [0.4, 0.5) is 5.69 Å². The Labute approximate surface area is 157 Å². The number of nitrogens with zero attached hydrogens (tertiary/aromatic N) is 2. The molecule has 1 aromatic carbocycles. The first kappa shape index (κ1) is 18.5. The van der Waals surface area contributed by atoms with E-state index in [1.807, 2.05) is 0 Å². The van der Waals surface area contributed by atoms with Gasteiger partial charge in [-0.1, -0.05) is 6.08 Å². The van der Waals surface area contributed by atoms with E-state index in [1.54, 1.807) is 38.1 Å². The van der Waals surface area contributed by atoms with Gasteiger partial charge >= 0.3 is 5.97 Å². The van der Waals surface area contributed by atoms with E-state index in [9.17, 15) is 19.7 Å². The molecule has 0 atom stereocenters. The number of esters is 1. The summed E-state index contributed by atoms with van der Waals surface area (Å²) in [5, 5.41) is 11.0. The van der Waals surface area contributed by atoms with Crippen LogP contribution in [0.25, 0.3) is 22.4 Å². The first-order valence-electron chi connectivity index (χ1n) is 8.03. The van der Waals surface area contributed by atoms with Crippen LogP contribution in [0.2, 0.25) is 0 Å². The molecule has 0 aliphatic carbocycles. The molecular weight excluding hydrogens is 370 g/mol. The number of aryl methyl sites for hydroxylation is 1. The number of carbonyl (C=O) groups is 1. The second kappa shape index (κ2) is 7.50. The fourth-order valence-electron chi connectivity index (χ4n) is 2.51. The number of benzene rings is 1. The molecule has 0 spiro atoms. The van der Waals surface area contributed by atoms with Gasteiger partial charge in [-0.2, -0.15) is 0 Å². The van der Waals surface area contributed by atoms with Gasteiger partial charge in [0.25, 0.3) is 11.2 Å². The Morgan fingerprint density at radius 2 is 2.04 bits per heavy atom. The summed E-state index contributed by atoms with van der Waals surface area (Å²) in [4.78, 5) is 42.5. The zero-order valence-corrected chi connectivity index (χ0v) is 15.3. The molecule has 2 heterocycles. The number of nitrogens with one attached hydrogen (secondary N) is 1. The molecule has 3 aromatic rings. The van der Waals surface area contributed by atoms with E-state index in [-0.39, 0.29) is 17.9 Å². The van der Waals surface area contributed by atoms with Crippen LogP contribution in [0.5, 0.6) is 0 Å². The lowest BCUT2D eigenvalue weighted by Gasteiger charge is -1.98. The summed E-state index contributed by atoms with van der Waals surface area (Å²) in [6.07, 6.45) is 3.28. The number of aromatic amines is 1. The quantitative estimate of drug-likeness (QED) is 0.408. The van der Waals surface area contributed by atoms with Crippen LogP contribution in [0.15, 0.2) is 29.1 Å². The lowest BCUT2D eigenvalue weighted by molar-refractivity contribution is -0.384. The summed E-state index contributed by atoms with van der Waals surface area (Å²) in [6, 6.07) is 5.99. The van der Waals surface area contributed by atoms with E-state index >= 15 is 0 Å². The van der Waals surface area contributed by atoms with Gasteiger partial charge in [-0.15, -0.1) is 11.3 Å². The minimum atomic E-state index is -0.472. The van der Waals surface area contributed by atoms with E-state index in [2.05, 4.69) is 9.97 Å². The Kier molecular flexibility index (Phi) is 5.13. The van der Waals surface area contributed by atoms with Gasteiger partial charge in [0.05, 0.1) is 16.9 Å². The third kappa shape index (κ3) is 3.77. The maximum atomic E-state index is 12.4. The molecule has 3 rings (SSSR count). The number of ether oxygens (including phenoxy) is 1. The maximum Gasteiger partial charge on any atom is 0.348 e. The Morgan fingerprint density at radius 3 is 2.67 bits per heavy atom. The zero-order valence-electron chi connectivity index (χ0n) is 14.5. The van der Waals surface area contributed by atoms with E-state index in [0.717, 1.165) is 16.9 Å². The number of thiophene rings is 1. The van der Waals surface area contributed by atoms with Gasteiger partial charge in [-0.3, -0.25) is 14.9 Å². The predicted molar refractivity (Wildman–Crippen MR) is 103 cm³/mol. The third-order valence-electron chi connectivity index (χ3n) is 3.82. The smallest absolute Gasteiger partial charge is 0.348 e. The molecule has 0 aliphatic heterocycles. The standard InChI is InChI=1S/C18H15N3O5S/c1-3-26-18(23)15-10(2)14-16(22)19-13(20-17(14)27-15)9-6-11-4-7-12(8-5-11)21(24)25/h4-9H,3H2,1-2H3,(H,19,20,22)/b9-6+. The van der Waals surface area contributed by atoms with Crippen molar-refractivity contribution in [3.63, 3.8) is 0 Å². The van der Waals surface area contributed by atoms with Gasteiger partial charge in [-0.25, -0.2) is 9.78 Å². The lowest BCUT2D eigenvalue weighted by Crippen LogP contribution is -2.10. The van der Waals surface area contributed by atoms with E-state index in [4.69, 9.17) is 4.74 Å². The van der Waals surface area contributed by atoms with Crippen LogP contribution in [-0.2, 0) is 4.74 Å². The van der Waals surface area contributed by atoms with Crippen molar-refractivity contribution in [1.29, 1.82) is 0 Å². The number of rotatable bonds is 5. The fraction of sp³-hybridized carbons (Fsp3) is 0.167.